The standard InChI is InChI=1S/C15H14N4O/c1-9-5-6-12-11(8-9)13(19-18-12)15(20)17-14-10(2)4-3-7-16-14/h3-8H,1-2H3,(H,18,19)(H,16,17,20). The van der Waals surface area contributed by atoms with E-state index in [0.29, 0.717) is 11.5 Å². The van der Waals surface area contributed by atoms with Gasteiger partial charge >= 0.3 is 0 Å². The van der Waals surface area contributed by atoms with Crippen LogP contribution < -0.4 is 5.32 Å². The molecule has 1 amide bonds. The molecular weight excluding hydrogens is 252 g/mol. The van der Waals surface area contributed by atoms with Crippen LogP contribution in [0.15, 0.2) is 36.5 Å². The minimum atomic E-state index is -0.261. The van der Waals surface area contributed by atoms with Gasteiger partial charge in [0, 0.05) is 11.6 Å². The van der Waals surface area contributed by atoms with Gasteiger partial charge in [-0.15, -0.1) is 0 Å². The van der Waals surface area contributed by atoms with Gasteiger partial charge in [0.25, 0.3) is 5.91 Å². The lowest BCUT2D eigenvalue weighted by molar-refractivity contribution is 0.102. The van der Waals surface area contributed by atoms with Crippen molar-refractivity contribution in [1.29, 1.82) is 0 Å². The fourth-order valence-electron chi connectivity index (χ4n) is 2.08. The van der Waals surface area contributed by atoms with Crippen LogP contribution in [0, 0.1) is 13.8 Å². The van der Waals surface area contributed by atoms with Crippen LogP contribution in [-0.2, 0) is 0 Å². The summed E-state index contributed by atoms with van der Waals surface area (Å²) in [4.78, 5) is 16.5. The van der Waals surface area contributed by atoms with Gasteiger partial charge in [-0.25, -0.2) is 4.98 Å². The number of fused-ring (bicyclic) bond motifs is 1. The van der Waals surface area contributed by atoms with E-state index in [9.17, 15) is 4.79 Å². The van der Waals surface area contributed by atoms with Crippen LogP contribution in [-0.4, -0.2) is 21.1 Å². The van der Waals surface area contributed by atoms with Crippen LogP contribution in [0.3, 0.4) is 0 Å². The number of hydrogen-bond acceptors (Lipinski definition) is 3. The number of aryl methyl sites for hydroxylation is 2. The third-order valence-electron chi connectivity index (χ3n) is 3.17. The topological polar surface area (TPSA) is 70.7 Å². The number of aromatic amines is 1. The van der Waals surface area contributed by atoms with Crippen molar-refractivity contribution in [2.24, 2.45) is 0 Å². The van der Waals surface area contributed by atoms with E-state index in [4.69, 9.17) is 0 Å². The van der Waals surface area contributed by atoms with Crippen LogP contribution >= 0.6 is 0 Å². The summed E-state index contributed by atoms with van der Waals surface area (Å²) in [6.45, 7) is 3.88. The predicted octanol–water partition coefficient (Wildman–Crippen LogP) is 2.83. The van der Waals surface area contributed by atoms with E-state index in [2.05, 4.69) is 20.5 Å². The van der Waals surface area contributed by atoms with Gasteiger partial charge in [-0.3, -0.25) is 9.89 Å². The highest BCUT2D eigenvalue weighted by atomic mass is 16.2. The first kappa shape index (κ1) is 12.3. The third kappa shape index (κ3) is 2.14. The zero-order chi connectivity index (χ0) is 14.1. The van der Waals surface area contributed by atoms with Crippen molar-refractivity contribution in [3.8, 4) is 0 Å². The molecule has 5 nitrogen and oxygen atoms in total. The lowest BCUT2D eigenvalue weighted by atomic mass is 10.1. The molecule has 0 aliphatic carbocycles. The molecule has 0 saturated heterocycles. The molecule has 0 spiro atoms. The normalized spacial score (nSPS) is 10.7. The maximum absolute atomic E-state index is 12.3. The summed E-state index contributed by atoms with van der Waals surface area (Å²) < 4.78 is 0. The molecule has 0 saturated carbocycles. The average Bonchev–Trinajstić information content (AvgIpc) is 2.84. The lowest BCUT2D eigenvalue weighted by Gasteiger charge is -2.05. The van der Waals surface area contributed by atoms with Crippen LogP contribution in [0.1, 0.15) is 21.6 Å². The van der Waals surface area contributed by atoms with Crippen LogP contribution in [0.2, 0.25) is 0 Å². The molecule has 100 valence electrons. The molecule has 5 heteroatoms. The van der Waals surface area contributed by atoms with E-state index < -0.39 is 0 Å². The van der Waals surface area contributed by atoms with Gasteiger partial charge in [0.1, 0.15) is 5.82 Å². The van der Waals surface area contributed by atoms with E-state index in [1.807, 2.05) is 44.2 Å². The van der Waals surface area contributed by atoms with E-state index in [0.717, 1.165) is 22.0 Å². The van der Waals surface area contributed by atoms with Crippen molar-refractivity contribution in [2.75, 3.05) is 5.32 Å². The quantitative estimate of drug-likeness (QED) is 0.749. The van der Waals surface area contributed by atoms with Crippen LogP contribution in [0.25, 0.3) is 10.9 Å². The molecule has 2 aromatic heterocycles. The smallest absolute Gasteiger partial charge is 0.277 e. The first-order valence-corrected chi connectivity index (χ1v) is 6.33. The summed E-state index contributed by atoms with van der Waals surface area (Å²) in [6, 6.07) is 9.57. The molecule has 0 atom stereocenters. The minimum Gasteiger partial charge on any atom is -0.305 e. The summed E-state index contributed by atoms with van der Waals surface area (Å²) in [5, 5.41) is 10.6. The van der Waals surface area contributed by atoms with Crippen molar-refractivity contribution in [3.05, 3.63) is 53.3 Å². The summed E-state index contributed by atoms with van der Waals surface area (Å²) in [6.07, 6.45) is 1.65. The number of nitrogens with zero attached hydrogens (tertiary/aromatic N) is 2. The highest BCUT2D eigenvalue weighted by Crippen LogP contribution is 2.19. The highest BCUT2D eigenvalue weighted by Gasteiger charge is 2.15. The Bertz CT molecular complexity index is 791. The van der Waals surface area contributed by atoms with Gasteiger partial charge in [0.15, 0.2) is 5.69 Å². The Morgan fingerprint density at radius 1 is 1.25 bits per heavy atom. The Morgan fingerprint density at radius 3 is 2.90 bits per heavy atom. The monoisotopic (exact) mass is 266 g/mol. The van der Waals surface area contributed by atoms with Crippen molar-refractivity contribution in [3.63, 3.8) is 0 Å². The number of benzene rings is 1. The van der Waals surface area contributed by atoms with Gasteiger partial charge in [0.2, 0.25) is 0 Å². The molecule has 20 heavy (non-hydrogen) atoms. The second-order valence-corrected chi connectivity index (χ2v) is 4.74. The number of amides is 1. The molecule has 2 N–H and O–H groups in total. The Kier molecular flexibility index (Phi) is 2.95. The van der Waals surface area contributed by atoms with Crippen LogP contribution in [0.5, 0.6) is 0 Å². The largest absolute Gasteiger partial charge is 0.305 e. The van der Waals surface area contributed by atoms with Gasteiger partial charge in [0.05, 0.1) is 5.52 Å². The Hall–Kier alpha value is -2.69. The van der Waals surface area contributed by atoms with E-state index in [-0.39, 0.29) is 5.91 Å². The number of pyridine rings is 1. The van der Waals surface area contributed by atoms with Gasteiger partial charge < -0.3 is 5.32 Å². The molecule has 0 radical (unpaired) electrons. The second-order valence-electron chi connectivity index (χ2n) is 4.74. The molecule has 0 unspecified atom stereocenters. The molecule has 0 bridgehead atoms. The summed E-state index contributed by atoms with van der Waals surface area (Å²) in [5.41, 5.74) is 3.23. The SMILES string of the molecule is Cc1ccc2[nH]nc(C(=O)Nc3ncccc3C)c2c1. The van der Waals surface area contributed by atoms with Crippen molar-refractivity contribution in [2.45, 2.75) is 13.8 Å². The Labute approximate surface area is 116 Å². The summed E-state index contributed by atoms with van der Waals surface area (Å²) >= 11 is 0. The molecule has 0 aliphatic rings. The Morgan fingerprint density at radius 2 is 2.10 bits per heavy atom. The molecule has 3 aromatic rings. The first-order chi connectivity index (χ1) is 9.65. The predicted molar refractivity (Wildman–Crippen MR) is 77.8 cm³/mol. The van der Waals surface area contributed by atoms with E-state index >= 15 is 0 Å². The van der Waals surface area contributed by atoms with Crippen molar-refractivity contribution < 1.29 is 4.79 Å². The van der Waals surface area contributed by atoms with E-state index in [1.54, 1.807) is 6.20 Å². The van der Waals surface area contributed by atoms with Crippen molar-refractivity contribution >= 4 is 22.6 Å². The number of aromatic nitrogens is 3. The molecule has 0 aliphatic heterocycles. The fourth-order valence-corrected chi connectivity index (χ4v) is 2.08. The number of hydrogen-bond donors (Lipinski definition) is 2. The summed E-state index contributed by atoms with van der Waals surface area (Å²) in [7, 11) is 0. The Balaban J connectivity index is 1.97. The maximum Gasteiger partial charge on any atom is 0.277 e. The van der Waals surface area contributed by atoms with Crippen LogP contribution in [0.4, 0.5) is 5.82 Å². The maximum atomic E-state index is 12.3. The first-order valence-electron chi connectivity index (χ1n) is 6.33. The second kappa shape index (κ2) is 4.77. The third-order valence-corrected chi connectivity index (χ3v) is 3.17. The van der Waals surface area contributed by atoms with E-state index in [1.165, 1.54) is 0 Å². The molecule has 2 heterocycles. The van der Waals surface area contributed by atoms with Gasteiger partial charge in [-0.05, 0) is 37.6 Å². The number of carbonyl (C=O) groups excluding carboxylic acids is 1. The minimum absolute atomic E-state index is 0.261. The average molecular weight is 266 g/mol. The molecule has 1 aromatic carbocycles. The zero-order valence-corrected chi connectivity index (χ0v) is 11.3. The van der Waals surface area contributed by atoms with Gasteiger partial charge in [-0.2, -0.15) is 5.10 Å². The van der Waals surface area contributed by atoms with Crippen molar-refractivity contribution in [1.82, 2.24) is 15.2 Å². The molecule has 0 fully saturated rings. The number of rotatable bonds is 2. The number of anilines is 1. The van der Waals surface area contributed by atoms with Gasteiger partial charge in [-0.1, -0.05) is 17.7 Å². The lowest BCUT2D eigenvalue weighted by Crippen LogP contribution is -2.14. The molecular formula is C15H14N4O. The number of nitrogens with one attached hydrogen (secondary N) is 2. The highest BCUT2D eigenvalue weighted by molar-refractivity contribution is 6.11. The summed E-state index contributed by atoms with van der Waals surface area (Å²) in [5.74, 6) is 0.296. The molecule has 3 rings (SSSR count). The number of H-pyrrole nitrogens is 1. The zero-order valence-electron chi connectivity index (χ0n) is 11.3. The number of carbonyl (C=O) groups is 1. The fraction of sp³-hybridized carbons (Fsp3) is 0.133.